The van der Waals surface area contributed by atoms with Crippen molar-refractivity contribution in [3.8, 4) is 0 Å². The maximum atomic E-state index is 6.82. The SMILES string of the molecule is COC(Cl)[P+](c1ccccc1)(c1ccccc1)c1ccccc1. The maximum Gasteiger partial charge on any atom is 0.256 e. The van der Waals surface area contributed by atoms with E-state index in [1.807, 2.05) is 18.2 Å². The molecule has 0 N–H and O–H groups in total. The molecule has 0 amide bonds. The average molecular weight is 342 g/mol. The van der Waals surface area contributed by atoms with Crippen LogP contribution in [-0.4, -0.2) is 12.4 Å². The molecule has 0 spiro atoms. The van der Waals surface area contributed by atoms with Gasteiger partial charge in [0.05, 0.1) is 0 Å². The van der Waals surface area contributed by atoms with E-state index in [1.54, 1.807) is 7.11 Å². The molecular weight excluding hydrogens is 323 g/mol. The molecule has 0 radical (unpaired) electrons. The molecule has 3 aromatic carbocycles. The lowest BCUT2D eigenvalue weighted by Gasteiger charge is -2.30. The number of ether oxygens (including phenoxy) is 1. The van der Waals surface area contributed by atoms with Gasteiger partial charge in [0.1, 0.15) is 15.9 Å². The second kappa shape index (κ2) is 7.27. The van der Waals surface area contributed by atoms with E-state index in [1.165, 1.54) is 15.9 Å². The van der Waals surface area contributed by atoms with Crippen molar-refractivity contribution in [3.05, 3.63) is 91.0 Å². The van der Waals surface area contributed by atoms with Gasteiger partial charge < -0.3 is 4.74 Å². The Morgan fingerprint density at radius 1 is 0.652 bits per heavy atom. The van der Waals surface area contributed by atoms with Crippen molar-refractivity contribution in [2.24, 2.45) is 0 Å². The van der Waals surface area contributed by atoms with E-state index in [4.69, 9.17) is 16.3 Å². The Morgan fingerprint density at radius 3 is 1.22 bits per heavy atom. The van der Waals surface area contributed by atoms with Crippen LogP contribution in [0.2, 0.25) is 0 Å². The second-order valence-electron chi connectivity index (χ2n) is 5.26. The van der Waals surface area contributed by atoms with Gasteiger partial charge in [0.2, 0.25) is 0 Å². The summed E-state index contributed by atoms with van der Waals surface area (Å²) in [5.41, 5.74) is 0. The van der Waals surface area contributed by atoms with Crippen molar-refractivity contribution in [2.75, 3.05) is 7.11 Å². The van der Waals surface area contributed by atoms with Crippen LogP contribution in [0.1, 0.15) is 0 Å². The topological polar surface area (TPSA) is 9.23 Å². The van der Waals surface area contributed by atoms with Crippen molar-refractivity contribution < 1.29 is 4.74 Å². The summed E-state index contributed by atoms with van der Waals surface area (Å²) in [6.07, 6.45) is 0. The molecule has 1 unspecified atom stereocenters. The molecule has 0 fully saturated rings. The molecule has 0 aliphatic heterocycles. The molecule has 3 rings (SSSR count). The molecule has 0 heterocycles. The number of benzene rings is 3. The van der Waals surface area contributed by atoms with Crippen molar-refractivity contribution in [1.82, 2.24) is 0 Å². The van der Waals surface area contributed by atoms with Crippen LogP contribution in [0.5, 0.6) is 0 Å². The van der Waals surface area contributed by atoms with Gasteiger partial charge in [0, 0.05) is 7.11 Å². The Kier molecular flexibility index (Phi) is 5.13. The minimum absolute atomic E-state index is 0.422. The summed E-state index contributed by atoms with van der Waals surface area (Å²) < 4.78 is 5.69. The van der Waals surface area contributed by atoms with Crippen LogP contribution in [0, 0.1) is 0 Å². The first-order valence-electron chi connectivity index (χ1n) is 7.52. The number of hydrogen-bond acceptors (Lipinski definition) is 1. The summed E-state index contributed by atoms with van der Waals surface area (Å²) >= 11 is 6.82. The van der Waals surface area contributed by atoms with Crippen LogP contribution in [0.4, 0.5) is 0 Å². The standard InChI is InChI=1S/C20H19ClOP/c1-22-20(21)23(17-11-5-2-6-12-17,18-13-7-3-8-14-18)19-15-9-4-10-16-19/h2-16,20H,1H3/q+1. The fraction of sp³-hybridized carbons (Fsp3) is 0.100. The summed E-state index contributed by atoms with van der Waals surface area (Å²) in [5, 5.41) is 3.24. The smallest absolute Gasteiger partial charge is 0.256 e. The molecule has 3 aromatic rings. The Morgan fingerprint density at radius 2 is 0.957 bits per heavy atom. The third-order valence-corrected chi connectivity index (χ3v) is 9.20. The molecule has 0 bridgehead atoms. The van der Waals surface area contributed by atoms with E-state index in [-0.39, 0.29) is 0 Å². The van der Waals surface area contributed by atoms with Gasteiger partial charge >= 0.3 is 0 Å². The molecule has 3 heteroatoms. The Labute approximate surface area is 143 Å². The predicted molar refractivity (Wildman–Crippen MR) is 102 cm³/mol. The highest BCUT2D eigenvalue weighted by molar-refractivity contribution is 7.97. The first kappa shape index (κ1) is 16.2. The highest BCUT2D eigenvalue weighted by Crippen LogP contribution is 2.61. The normalized spacial score (nSPS) is 12.8. The highest BCUT2D eigenvalue weighted by Gasteiger charge is 2.52. The Hall–Kier alpha value is -1.66. The molecule has 23 heavy (non-hydrogen) atoms. The summed E-state index contributed by atoms with van der Waals surface area (Å²) in [4.78, 5) is 0. The van der Waals surface area contributed by atoms with Gasteiger partial charge in [0.25, 0.3) is 5.30 Å². The molecule has 0 aromatic heterocycles. The maximum absolute atomic E-state index is 6.82. The van der Waals surface area contributed by atoms with Gasteiger partial charge in [-0.1, -0.05) is 54.6 Å². The summed E-state index contributed by atoms with van der Waals surface area (Å²) in [5.74, 6) is 0. The Balaban J connectivity index is 2.35. The number of alkyl halides is 1. The van der Waals surface area contributed by atoms with Crippen molar-refractivity contribution in [1.29, 1.82) is 0 Å². The lowest BCUT2D eigenvalue weighted by atomic mass is 10.4. The summed E-state index contributed by atoms with van der Waals surface area (Å²) in [7, 11) is -0.419. The van der Waals surface area contributed by atoms with Crippen molar-refractivity contribution in [2.45, 2.75) is 5.30 Å². The molecular formula is C20H19ClOP+. The van der Waals surface area contributed by atoms with Gasteiger partial charge in [-0.05, 0) is 48.0 Å². The largest absolute Gasteiger partial charge is 0.334 e. The van der Waals surface area contributed by atoms with E-state index in [0.717, 1.165) is 0 Å². The minimum Gasteiger partial charge on any atom is -0.334 e. The van der Waals surface area contributed by atoms with E-state index < -0.39 is 12.6 Å². The quantitative estimate of drug-likeness (QED) is 0.500. The summed E-state index contributed by atoms with van der Waals surface area (Å²) in [6, 6.07) is 31.4. The molecule has 0 saturated heterocycles. The van der Waals surface area contributed by atoms with Crippen LogP contribution in [-0.2, 0) is 4.74 Å². The first-order chi connectivity index (χ1) is 11.3. The zero-order valence-corrected chi connectivity index (χ0v) is 14.6. The number of rotatable bonds is 5. The molecule has 0 saturated carbocycles. The average Bonchev–Trinajstić information content (AvgIpc) is 2.65. The third-order valence-electron chi connectivity index (χ3n) is 3.99. The van der Waals surface area contributed by atoms with E-state index in [9.17, 15) is 0 Å². The predicted octanol–water partition coefficient (Wildman–Crippen LogP) is 4.15. The molecule has 1 nitrogen and oxygen atoms in total. The first-order valence-corrected chi connectivity index (χ1v) is 9.82. The van der Waals surface area contributed by atoms with Gasteiger partial charge in [0.15, 0.2) is 7.26 Å². The van der Waals surface area contributed by atoms with Crippen LogP contribution in [0.25, 0.3) is 0 Å². The summed E-state index contributed by atoms with van der Waals surface area (Å²) in [6.45, 7) is 0. The molecule has 0 aliphatic rings. The van der Waals surface area contributed by atoms with Gasteiger partial charge in [-0.15, -0.1) is 0 Å². The minimum atomic E-state index is -2.10. The molecule has 116 valence electrons. The van der Waals surface area contributed by atoms with Crippen molar-refractivity contribution in [3.63, 3.8) is 0 Å². The van der Waals surface area contributed by atoms with Gasteiger partial charge in [-0.3, -0.25) is 0 Å². The van der Waals surface area contributed by atoms with Gasteiger partial charge in [-0.2, -0.15) is 0 Å². The van der Waals surface area contributed by atoms with Crippen molar-refractivity contribution >= 4 is 34.8 Å². The lowest BCUT2D eigenvalue weighted by Crippen LogP contribution is -2.37. The molecule has 1 atom stereocenters. The fourth-order valence-corrected chi connectivity index (χ4v) is 7.80. The molecule has 0 aliphatic carbocycles. The third kappa shape index (κ3) is 2.93. The fourth-order valence-electron chi connectivity index (χ4n) is 2.95. The lowest BCUT2D eigenvalue weighted by molar-refractivity contribution is 0.226. The second-order valence-corrected chi connectivity index (χ2v) is 9.42. The van der Waals surface area contributed by atoms with E-state index in [2.05, 4.69) is 72.8 Å². The van der Waals surface area contributed by atoms with Crippen LogP contribution in [0.3, 0.4) is 0 Å². The highest BCUT2D eigenvalue weighted by atomic mass is 35.5. The van der Waals surface area contributed by atoms with Crippen LogP contribution >= 0.6 is 18.9 Å². The van der Waals surface area contributed by atoms with Gasteiger partial charge in [-0.25, -0.2) is 0 Å². The van der Waals surface area contributed by atoms with E-state index in [0.29, 0.717) is 0 Å². The van der Waals surface area contributed by atoms with Crippen LogP contribution in [0.15, 0.2) is 91.0 Å². The number of methoxy groups -OCH3 is 1. The number of hydrogen-bond donors (Lipinski definition) is 0. The van der Waals surface area contributed by atoms with Crippen LogP contribution < -0.4 is 15.9 Å². The van der Waals surface area contributed by atoms with E-state index >= 15 is 0 Å². The zero-order chi connectivity index (χ0) is 16.1. The zero-order valence-electron chi connectivity index (χ0n) is 13.0. The Bertz CT molecular complexity index is 635. The monoisotopic (exact) mass is 341 g/mol. The number of halogens is 1.